The van der Waals surface area contributed by atoms with Gasteiger partial charge in [0.15, 0.2) is 0 Å². The van der Waals surface area contributed by atoms with E-state index < -0.39 is 0 Å². The van der Waals surface area contributed by atoms with Crippen LogP contribution in [0.2, 0.25) is 0 Å². The molecule has 0 aromatic carbocycles. The fourth-order valence-corrected chi connectivity index (χ4v) is 0.810. The zero-order chi connectivity index (χ0) is 7.11. The molecule has 0 aliphatic rings. The maximum atomic E-state index is 10.6. The SMILES string of the molecule is CCNSC(=O)NCC. The second-order valence-electron chi connectivity index (χ2n) is 1.42. The van der Waals surface area contributed by atoms with Crippen molar-refractivity contribution in [2.45, 2.75) is 13.8 Å². The molecule has 0 aliphatic carbocycles. The standard InChI is InChI=1S/C5H12N2OS/c1-3-6-5(8)9-7-4-2/h7H,3-4H2,1-2H3,(H,6,8). The van der Waals surface area contributed by atoms with Crippen molar-refractivity contribution in [2.75, 3.05) is 13.1 Å². The van der Waals surface area contributed by atoms with Gasteiger partial charge in [-0.2, -0.15) is 0 Å². The molecule has 0 fully saturated rings. The van der Waals surface area contributed by atoms with Crippen molar-refractivity contribution < 1.29 is 4.79 Å². The van der Waals surface area contributed by atoms with Gasteiger partial charge in [-0.25, -0.2) is 0 Å². The lowest BCUT2D eigenvalue weighted by atomic mass is 10.8. The summed E-state index contributed by atoms with van der Waals surface area (Å²) in [6, 6.07) is 0. The quantitative estimate of drug-likeness (QED) is 0.586. The van der Waals surface area contributed by atoms with Crippen molar-refractivity contribution in [1.29, 1.82) is 0 Å². The number of hydrogen-bond acceptors (Lipinski definition) is 3. The Morgan fingerprint density at radius 3 is 2.56 bits per heavy atom. The largest absolute Gasteiger partial charge is 0.346 e. The van der Waals surface area contributed by atoms with Crippen LogP contribution < -0.4 is 10.0 Å². The molecule has 0 rings (SSSR count). The number of nitrogens with one attached hydrogen (secondary N) is 2. The molecule has 0 atom stereocenters. The number of carbonyl (C=O) groups is 1. The molecule has 0 saturated heterocycles. The summed E-state index contributed by atoms with van der Waals surface area (Å²) in [5, 5.41) is 2.63. The van der Waals surface area contributed by atoms with Gasteiger partial charge in [0.2, 0.25) is 0 Å². The Balaban J connectivity index is 3.06. The van der Waals surface area contributed by atoms with Crippen LogP contribution in [0.4, 0.5) is 4.79 Å². The van der Waals surface area contributed by atoms with Crippen molar-refractivity contribution in [3.63, 3.8) is 0 Å². The average molecular weight is 148 g/mol. The van der Waals surface area contributed by atoms with Gasteiger partial charge in [-0.05, 0) is 6.92 Å². The van der Waals surface area contributed by atoms with E-state index in [9.17, 15) is 4.79 Å². The van der Waals surface area contributed by atoms with Crippen LogP contribution in [-0.4, -0.2) is 18.3 Å². The minimum Gasteiger partial charge on any atom is -0.346 e. The first kappa shape index (κ1) is 8.78. The first-order chi connectivity index (χ1) is 4.31. The molecule has 0 bridgehead atoms. The van der Waals surface area contributed by atoms with Crippen molar-refractivity contribution >= 4 is 17.2 Å². The van der Waals surface area contributed by atoms with Gasteiger partial charge >= 0.3 is 0 Å². The van der Waals surface area contributed by atoms with Crippen LogP contribution >= 0.6 is 11.9 Å². The smallest absolute Gasteiger partial charge is 0.294 e. The van der Waals surface area contributed by atoms with E-state index >= 15 is 0 Å². The highest BCUT2D eigenvalue weighted by Crippen LogP contribution is 1.91. The van der Waals surface area contributed by atoms with Crippen LogP contribution in [0.15, 0.2) is 0 Å². The molecule has 3 nitrogen and oxygen atoms in total. The third kappa shape index (κ3) is 5.65. The summed E-state index contributed by atoms with van der Waals surface area (Å²) in [6.45, 7) is 5.34. The molecule has 2 N–H and O–H groups in total. The van der Waals surface area contributed by atoms with Crippen LogP contribution in [0.5, 0.6) is 0 Å². The van der Waals surface area contributed by atoms with E-state index in [0.29, 0.717) is 6.54 Å². The van der Waals surface area contributed by atoms with Crippen LogP contribution in [0.25, 0.3) is 0 Å². The molecule has 0 aliphatic heterocycles. The normalized spacial score (nSPS) is 9.11. The van der Waals surface area contributed by atoms with E-state index in [0.717, 1.165) is 18.5 Å². The van der Waals surface area contributed by atoms with E-state index in [1.807, 2.05) is 13.8 Å². The van der Waals surface area contributed by atoms with Gasteiger partial charge in [0.1, 0.15) is 0 Å². The summed E-state index contributed by atoms with van der Waals surface area (Å²) < 4.78 is 2.84. The fourth-order valence-electron chi connectivity index (χ4n) is 0.318. The molecule has 0 radical (unpaired) electrons. The summed E-state index contributed by atoms with van der Waals surface area (Å²) in [5.41, 5.74) is 0. The van der Waals surface area contributed by atoms with Crippen LogP contribution in [0, 0.1) is 0 Å². The van der Waals surface area contributed by atoms with E-state index in [1.165, 1.54) is 0 Å². The van der Waals surface area contributed by atoms with Gasteiger partial charge in [0, 0.05) is 25.0 Å². The maximum absolute atomic E-state index is 10.6. The minimum absolute atomic E-state index is 0.0145. The summed E-state index contributed by atoms with van der Waals surface area (Å²) >= 11 is 1.10. The first-order valence-corrected chi connectivity index (χ1v) is 3.80. The first-order valence-electron chi connectivity index (χ1n) is 2.98. The van der Waals surface area contributed by atoms with Crippen molar-refractivity contribution in [3.05, 3.63) is 0 Å². The van der Waals surface area contributed by atoms with Gasteiger partial charge in [-0.3, -0.25) is 9.52 Å². The Morgan fingerprint density at radius 1 is 1.44 bits per heavy atom. The van der Waals surface area contributed by atoms with Crippen LogP contribution in [-0.2, 0) is 0 Å². The van der Waals surface area contributed by atoms with E-state index in [1.54, 1.807) is 0 Å². The molecule has 0 spiro atoms. The van der Waals surface area contributed by atoms with Gasteiger partial charge in [0.05, 0.1) is 0 Å². The number of rotatable bonds is 3. The zero-order valence-electron chi connectivity index (χ0n) is 5.73. The fraction of sp³-hybridized carbons (Fsp3) is 0.800. The predicted molar refractivity (Wildman–Crippen MR) is 40.3 cm³/mol. The third-order valence-corrected chi connectivity index (χ3v) is 1.39. The second-order valence-corrected chi connectivity index (χ2v) is 2.28. The highest BCUT2D eigenvalue weighted by Gasteiger charge is 1.95. The lowest BCUT2D eigenvalue weighted by Crippen LogP contribution is -2.21. The number of carbonyl (C=O) groups excluding carboxylic acids is 1. The van der Waals surface area contributed by atoms with Crippen LogP contribution in [0.1, 0.15) is 13.8 Å². The molecule has 1 amide bonds. The van der Waals surface area contributed by atoms with E-state index in [2.05, 4.69) is 10.0 Å². The van der Waals surface area contributed by atoms with Gasteiger partial charge in [-0.1, -0.05) is 6.92 Å². The lowest BCUT2D eigenvalue weighted by Gasteiger charge is -1.98. The molecule has 0 heterocycles. The second kappa shape index (κ2) is 5.91. The van der Waals surface area contributed by atoms with Crippen molar-refractivity contribution in [3.8, 4) is 0 Å². The average Bonchev–Trinajstić information content (AvgIpc) is 1.85. The van der Waals surface area contributed by atoms with E-state index in [4.69, 9.17) is 0 Å². The van der Waals surface area contributed by atoms with Crippen LogP contribution in [0.3, 0.4) is 0 Å². The van der Waals surface area contributed by atoms with E-state index in [-0.39, 0.29) is 5.24 Å². The Morgan fingerprint density at radius 2 is 2.11 bits per heavy atom. The van der Waals surface area contributed by atoms with Gasteiger partial charge in [0.25, 0.3) is 5.24 Å². The highest BCUT2D eigenvalue weighted by molar-refractivity contribution is 8.11. The Kier molecular flexibility index (Phi) is 5.76. The molecule has 0 unspecified atom stereocenters. The molecular formula is C5H12N2OS. The predicted octanol–water partition coefficient (Wildman–Crippen LogP) is 0.974. The highest BCUT2D eigenvalue weighted by atomic mass is 32.2. The summed E-state index contributed by atoms with van der Waals surface area (Å²) in [6.07, 6.45) is 0. The summed E-state index contributed by atoms with van der Waals surface area (Å²) in [4.78, 5) is 10.6. The topological polar surface area (TPSA) is 41.1 Å². The summed E-state index contributed by atoms with van der Waals surface area (Å²) in [5.74, 6) is 0. The molecule has 4 heteroatoms. The molecule has 54 valence electrons. The lowest BCUT2D eigenvalue weighted by molar-refractivity contribution is 0.261. The third-order valence-electron chi connectivity index (χ3n) is 0.630. The Labute approximate surface area is 59.7 Å². The monoisotopic (exact) mass is 148 g/mol. The molecule has 0 saturated carbocycles. The van der Waals surface area contributed by atoms with Crippen molar-refractivity contribution in [2.24, 2.45) is 0 Å². The summed E-state index contributed by atoms with van der Waals surface area (Å²) in [7, 11) is 0. The molecular weight excluding hydrogens is 136 g/mol. The Hall–Kier alpha value is -0.220. The van der Waals surface area contributed by atoms with Gasteiger partial charge in [-0.15, -0.1) is 0 Å². The van der Waals surface area contributed by atoms with Gasteiger partial charge < -0.3 is 5.32 Å². The Bertz CT molecular complexity index is 87.0. The van der Waals surface area contributed by atoms with Crippen molar-refractivity contribution in [1.82, 2.24) is 10.0 Å². The maximum Gasteiger partial charge on any atom is 0.294 e. The molecule has 0 aromatic rings. The number of amides is 1. The number of hydrogen-bond donors (Lipinski definition) is 2. The molecule has 9 heavy (non-hydrogen) atoms. The minimum atomic E-state index is -0.0145. The zero-order valence-corrected chi connectivity index (χ0v) is 6.55. The molecule has 0 aromatic heterocycles.